The van der Waals surface area contributed by atoms with Gasteiger partial charge in [0.2, 0.25) is 0 Å². The van der Waals surface area contributed by atoms with Gasteiger partial charge in [0.1, 0.15) is 12.4 Å². The smallest absolute Gasteiger partial charge is 0.416 e. The molecule has 1 N–H and O–H groups in total. The second-order valence-electron chi connectivity index (χ2n) is 7.96. The highest BCUT2D eigenvalue weighted by Gasteiger charge is 2.43. The number of Topliss-reactive ketones (excluding diaryl/α,β-unsaturated/α-hetero) is 1. The third-order valence-electron chi connectivity index (χ3n) is 5.85. The Labute approximate surface area is 183 Å². The number of allylic oxidation sites excluding steroid dienone is 3. The van der Waals surface area contributed by atoms with Crippen molar-refractivity contribution in [1.82, 2.24) is 5.32 Å². The molecule has 166 valence electrons. The minimum Gasteiger partial charge on any atom is -0.457 e. The summed E-state index contributed by atoms with van der Waals surface area (Å²) < 4.78 is 44.7. The molecule has 0 aromatic heterocycles. The first-order valence-corrected chi connectivity index (χ1v) is 10.3. The third kappa shape index (κ3) is 4.33. The molecule has 2 unspecified atom stereocenters. The van der Waals surface area contributed by atoms with Gasteiger partial charge >= 0.3 is 12.1 Å². The maximum atomic E-state index is 13.1. The van der Waals surface area contributed by atoms with Crippen LogP contribution in [0.2, 0.25) is 0 Å². The van der Waals surface area contributed by atoms with Gasteiger partial charge in [-0.1, -0.05) is 48.5 Å². The van der Waals surface area contributed by atoms with Crippen molar-refractivity contribution in [3.63, 3.8) is 0 Å². The van der Waals surface area contributed by atoms with E-state index in [4.69, 9.17) is 4.74 Å². The molecule has 2 aliphatic rings. The number of fused-ring (bicyclic) bond motifs is 1. The van der Waals surface area contributed by atoms with E-state index < -0.39 is 29.5 Å². The highest BCUT2D eigenvalue weighted by atomic mass is 19.4. The SMILES string of the molecule is CC1=C(C(=O)OCc2ccccc2)C(c2ccc(C(F)(F)F)cc2)C2C(=O)CCC=C2N1. The molecular formula is C25H22F3NO3. The Balaban J connectivity index is 1.71. The number of ketones is 1. The van der Waals surface area contributed by atoms with Crippen LogP contribution in [0, 0.1) is 5.92 Å². The molecule has 0 amide bonds. The number of ether oxygens (including phenoxy) is 1. The molecule has 0 saturated carbocycles. The molecule has 0 spiro atoms. The molecule has 7 heteroatoms. The number of carbonyl (C=O) groups is 2. The Kier molecular flexibility index (Phi) is 5.91. The Bertz CT molecular complexity index is 1090. The van der Waals surface area contributed by atoms with Crippen LogP contribution in [0.3, 0.4) is 0 Å². The van der Waals surface area contributed by atoms with E-state index in [9.17, 15) is 22.8 Å². The van der Waals surface area contributed by atoms with Gasteiger partial charge in [-0.05, 0) is 36.6 Å². The normalized spacial score (nSPS) is 20.9. The first-order valence-electron chi connectivity index (χ1n) is 10.3. The summed E-state index contributed by atoms with van der Waals surface area (Å²) in [5.74, 6) is -2.04. The first-order chi connectivity index (χ1) is 15.3. The van der Waals surface area contributed by atoms with Crippen molar-refractivity contribution in [2.75, 3.05) is 0 Å². The van der Waals surface area contributed by atoms with Gasteiger partial charge in [0.15, 0.2) is 0 Å². The quantitative estimate of drug-likeness (QED) is 0.657. The number of esters is 1. The topological polar surface area (TPSA) is 55.4 Å². The third-order valence-corrected chi connectivity index (χ3v) is 5.85. The molecular weight excluding hydrogens is 419 g/mol. The van der Waals surface area contributed by atoms with Gasteiger partial charge in [0, 0.05) is 23.7 Å². The molecule has 4 nitrogen and oxygen atoms in total. The van der Waals surface area contributed by atoms with Crippen LogP contribution in [-0.4, -0.2) is 11.8 Å². The van der Waals surface area contributed by atoms with Crippen molar-refractivity contribution in [2.45, 2.75) is 38.5 Å². The fourth-order valence-electron chi connectivity index (χ4n) is 4.32. The Hall–Kier alpha value is -3.35. The zero-order valence-electron chi connectivity index (χ0n) is 17.4. The van der Waals surface area contributed by atoms with Crippen LogP contribution in [0.4, 0.5) is 13.2 Å². The second kappa shape index (κ2) is 8.65. The lowest BCUT2D eigenvalue weighted by Gasteiger charge is -2.38. The lowest BCUT2D eigenvalue weighted by atomic mass is 9.71. The number of nitrogens with one attached hydrogen (secondary N) is 1. The van der Waals surface area contributed by atoms with Crippen LogP contribution < -0.4 is 5.32 Å². The summed E-state index contributed by atoms with van der Waals surface area (Å²) >= 11 is 0. The predicted octanol–water partition coefficient (Wildman–Crippen LogP) is 5.27. The first kappa shape index (κ1) is 21.9. The molecule has 2 aromatic rings. The van der Waals surface area contributed by atoms with Gasteiger partial charge in [-0.15, -0.1) is 0 Å². The van der Waals surface area contributed by atoms with Crippen LogP contribution in [0.25, 0.3) is 0 Å². The fourth-order valence-corrected chi connectivity index (χ4v) is 4.32. The van der Waals surface area contributed by atoms with Crippen LogP contribution >= 0.6 is 0 Å². The summed E-state index contributed by atoms with van der Waals surface area (Å²) in [6.45, 7) is 1.77. The minimum absolute atomic E-state index is 0.0531. The number of hydrogen-bond donors (Lipinski definition) is 1. The molecule has 1 aliphatic carbocycles. The van der Waals surface area contributed by atoms with E-state index in [0.717, 1.165) is 17.7 Å². The van der Waals surface area contributed by atoms with Crippen LogP contribution in [0.5, 0.6) is 0 Å². The number of hydrogen-bond acceptors (Lipinski definition) is 4. The van der Waals surface area contributed by atoms with E-state index in [1.54, 1.807) is 6.92 Å². The molecule has 2 atom stereocenters. The van der Waals surface area contributed by atoms with Crippen LogP contribution in [0.1, 0.15) is 42.4 Å². The highest BCUT2D eigenvalue weighted by Crippen LogP contribution is 2.44. The van der Waals surface area contributed by atoms with E-state index in [1.165, 1.54) is 12.1 Å². The van der Waals surface area contributed by atoms with Gasteiger partial charge in [0.05, 0.1) is 17.1 Å². The summed E-state index contributed by atoms with van der Waals surface area (Å²) in [5, 5.41) is 3.15. The van der Waals surface area contributed by atoms with E-state index in [1.807, 2.05) is 36.4 Å². The molecule has 0 radical (unpaired) electrons. The van der Waals surface area contributed by atoms with Crippen molar-refractivity contribution in [3.05, 3.63) is 94.3 Å². The summed E-state index contributed by atoms with van der Waals surface area (Å²) in [4.78, 5) is 26.0. The summed E-state index contributed by atoms with van der Waals surface area (Å²) in [6.07, 6.45) is -1.66. The monoisotopic (exact) mass is 441 g/mol. The summed E-state index contributed by atoms with van der Waals surface area (Å²) in [7, 11) is 0. The number of benzene rings is 2. The maximum absolute atomic E-state index is 13.1. The predicted molar refractivity (Wildman–Crippen MR) is 112 cm³/mol. The van der Waals surface area contributed by atoms with E-state index >= 15 is 0 Å². The second-order valence-corrected chi connectivity index (χ2v) is 7.96. The number of carbonyl (C=O) groups excluding carboxylic acids is 2. The average Bonchev–Trinajstić information content (AvgIpc) is 2.77. The maximum Gasteiger partial charge on any atom is 0.416 e. The Morgan fingerprint density at radius 1 is 1.06 bits per heavy atom. The molecule has 1 aliphatic heterocycles. The highest BCUT2D eigenvalue weighted by molar-refractivity contribution is 5.96. The van der Waals surface area contributed by atoms with Gasteiger partial charge in [-0.25, -0.2) is 4.79 Å². The molecule has 1 heterocycles. The van der Waals surface area contributed by atoms with Crippen molar-refractivity contribution in [1.29, 1.82) is 0 Å². The fraction of sp³-hybridized carbons (Fsp3) is 0.280. The molecule has 4 rings (SSSR count). The van der Waals surface area contributed by atoms with E-state index in [-0.39, 0.29) is 18.0 Å². The molecule has 2 aromatic carbocycles. The lowest BCUT2D eigenvalue weighted by Crippen LogP contribution is -2.40. The largest absolute Gasteiger partial charge is 0.457 e. The molecule has 0 bridgehead atoms. The zero-order valence-corrected chi connectivity index (χ0v) is 17.4. The average molecular weight is 441 g/mol. The van der Waals surface area contributed by atoms with Gasteiger partial charge in [-0.3, -0.25) is 4.79 Å². The van der Waals surface area contributed by atoms with Gasteiger partial charge in [0.25, 0.3) is 0 Å². The van der Waals surface area contributed by atoms with Crippen LogP contribution in [0.15, 0.2) is 77.6 Å². The Morgan fingerprint density at radius 2 is 1.75 bits per heavy atom. The summed E-state index contributed by atoms with van der Waals surface area (Å²) in [6, 6.07) is 13.8. The standard InChI is InChI=1S/C25H22F3NO3/c1-15-21(24(31)32-14-16-6-3-2-4-7-16)22(23-19(29-15)8-5-9-20(23)30)17-10-12-18(13-11-17)25(26,27)28/h2-4,6-8,10-13,22-23,29H,5,9,14H2,1H3. The van der Waals surface area contributed by atoms with Crippen LogP contribution in [-0.2, 0) is 27.1 Å². The van der Waals surface area contributed by atoms with Crippen molar-refractivity contribution in [3.8, 4) is 0 Å². The Morgan fingerprint density at radius 3 is 2.41 bits per heavy atom. The van der Waals surface area contributed by atoms with E-state index in [0.29, 0.717) is 29.8 Å². The minimum atomic E-state index is -4.47. The zero-order chi connectivity index (χ0) is 22.9. The lowest BCUT2D eigenvalue weighted by molar-refractivity contribution is -0.141. The molecule has 32 heavy (non-hydrogen) atoms. The van der Waals surface area contributed by atoms with E-state index in [2.05, 4.69) is 5.32 Å². The number of alkyl halides is 3. The number of rotatable bonds is 4. The van der Waals surface area contributed by atoms with Gasteiger partial charge in [-0.2, -0.15) is 13.2 Å². The van der Waals surface area contributed by atoms with Crippen molar-refractivity contribution in [2.24, 2.45) is 5.92 Å². The summed E-state index contributed by atoms with van der Waals surface area (Å²) in [5.41, 5.74) is 1.97. The molecule has 0 saturated heterocycles. The van der Waals surface area contributed by atoms with Gasteiger partial charge < -0.3 is 10.1 Å². The number of halogens is 3. The van der Waals surface area contributed by atoms with Crippen molar-refractivity contribution >= 4 is 11.8 Å². The molecule has 0 fully saturated rings. The van der Waals surface area contributed by atoms with Crippen molar-refractivity contribution < 1.29 is 27.5 Å².